The molecule has 3 rings (SSSR count). The van der Waals surface area contributed by atoms with E-state index in [1.807, 2.05) is 30.3 Å². The number of amides is 1. The lowest BCUT2D eigenvalue weighted by Crippen LogP contribution is -2.37. The van der Waals surface area contributed by atoms with Crippen LogP contribution >= 0.6 is 11.6 Å². The molecule has 20 heavy (non-hydrogen) atoms. The molecule has 0 spiro atoms. The molecule has 2 aromatic rings. The molecule has 0 radical (unpaired) electrons. The van der Waals surface area contributed by atoms with E-state index in [4.69, 9.17) is 11.6 Å². The Balaban J connectivity index is 1.72. The zero-order valence-electron chi connectivity index (χ0n) is 11.0. The van der Waals surface area contributed by atoms with Gasteiger partial charge >= 0.3 is 0 Å². The number of benzene rings is 1. The molecular formula is C15H16ClN3O. The van der Waals surface area contributed by atoms with Crippen molar-refractivity contribution < 1.29 is 4.79 Å². The topological polar surface area (TPSA) is 46.9 Å². The van der Waals surface area contributed by atoms with Crippen LogP contribution in [-0.4, -0.2) is 27.1 Å². The maximum atomic E-state index is 12.2. The van der Waals surface area contributed by atoms with E-state index >= 15 is 0 Å². The third-order valence-corrected chi connectivity index (χ3v) is 4.14. The molecule has 0 saturated heterocycles. The zero-order chi connectivity index (χ0) is 13.9. The van der Waals surface area contributed by atoms with Gasteiger partial charge in [-0.05, 0) is 31.4 Å². The van der Waals surface area contributed by atoms with Crippen molar-refractivity contribution in [3.8, 4) is 5.69 Å². The minimum atomic E-state index is -0.107. The van der Waals surface area contributed by atoms with Gasteiger partial charge in [0, 0.05) is 12.2 Å². The summed E-state index contributed by atoms with van der Waals surface area (Å²) >= 11 is 6.18. The highest BCUT2D eigenvalue weighted by Gasteiger charge is 2.27. The van der Waals surface area contributed by atoms with Crippen molar-refractivity contribution in [3.05, 3.63) is 48.3 Å². The first-order valence-corrected chi connectivity index (χ1v) is 7.23. The van der Waals surface area contributed by atoms with Gasteiger partial charge in [-0.2, -0.15) is 5.10 Å². The molecule has 1 aromatic heterocycles. The summed E-state index contributed by atoms with van der Waals surface area (Å²) < 4.78 is 1.70. The number of carbonyl (C=O) groups excluding carboxylic acids is 1. The molecule has 2 atom stereocenters. The molecule has 1 heterocycles. The van der Waals surface area contributed by atoms with Gasteiger partial charge in [0.1, 0.15) is 0 Å². The minimum absolute atomic E-state index is 0.0446. The molecule has 5 heteroatoms. The Morgan fingerprint density at radius 3 is 2.80 bits per heavy atom. The first-order valence-electron chi connectivity index (χ1n) is 6.79. The van der Waals surface area contributed by atoms with Gasteiger partial charge in [0.2, 0.25) is 0 Å². The smallest absolute Gasteiger partial charge is 0.254 e. The second kappa shape index (κ2) is 5.67. The van der Waals surface area contributed by atoms with E-state index in [2.05, 4.69) is 10.4 Å². The van der Waals surface area contributed by atoms with Gasteiger partial charge < -0.3 is 5.32 Å². The van der Waals surface area contributed by atoms with E-state index in [-0.39, 0.29) is 17.3 Å². The monoisotopic (exact) mass is 289 g/mol. The Morgan fingerprint density at radius 1 is 1.30 bits per heavy atom. The lowest BCUT2D eigenvalue weighted by molar-refractivity contribution is 0.0938. The van der Waals surface area contributed by atoms with Crippen molar-refractivity contribution in [1.82, 2.24) is 15.1 Å². The van der Waals surface area contributed by atoms with Gasteiger partial charge in [0.05, 0.1) is 22.8 Å². The van der Waals surface area contributed by atoms with Crippen LogP contribution in [0.4, 0.5) is 0 Å². The number of nitrogens with one attached hydrogen (secondary N) is 1. The Labute approximate surface area is 122 Å². The normalized spacial score (nSPS) is 21.9. The fourth-order valence-corrected chi connectivity index (χ4v) is 2.83. The van der Waals surface area contributed by atoms with Crippen molar-refractivity contribution in [2.24, 2.45) is 0 Å². The van der Waals surface area contributed by atoms with Gasteiger partial charge in [0.15, 0.2) is 0 Å². The number of alkyl halides is 1. The molecule has 1 saturated carbocycles. The van der Waals surface area contributed by atoms with E-state index in [1.54, 1.807) is 17.1 Å². The molecule has 1 aliphatic rings. The molecule has 4 nitrogen and oxygen atoms in total. The van der Waals surface area contributed by atoms with Crippen molar-refractivity contribution in [2.75, 3.05) is 0 Å². The number of halogens is 1. The summed E-state index contributed by atoms with van der Waals surface area (Å²) in [5.74, 6) is -0.107. The van der Waals surface area contributed by atoms with Gasteiger partial charge in [-0.25, -0.2) is 4.68 Å². The van der Waals surface area contributed by atoms with E-state index in [9.17, 15) is 4.79 Å². The van der Waals surface area contributed by atoms with Crippen LogP contribution < -0.4 is 5.32 Å². The van der Waals surface area contributed by atoms with Crippen molar-refractivity contribution >= 4 is 17.5 Å². The molecule has 1 amide bonds. The molecule has 0 bridgehead atoms. The van der Waals surface area contributed by atoms with Gasteiger partial charge in [-0.15, -0.1) is 11.6 Å². The van der Waals surface area contributed by atoms with Crippen LogP contribution in [0.25, 0.3) is 5.69 Å². The van der Waals surface area contributed by atoms with Gasteiger partial charge in [-0.3, -0.25) is 4.79 Å². The number of carbonyl (C=O) groups is 1. The summed E-state index contributed by atoms with van der Waals surface area (Å²) in [4.78, 5) is 12.2. The molecular weight excluding hydrogens is 274 g/mol. The fourth-order valence-electron chi connectivity index (χ4n) is 2.49. The summed E-state index contributed by atoms with van der Waals surface area (Å²) in [5, 5.41) is 7.25. The average Bonchev–Trinajstić information content (AvgIpc) is 3.10. The van der Waals surface area contributed by atoms with Gasteiger partial charge in [0.25, 0.3) is 5.91 Å². The van der Waals surface area contributed by atoms with E-state index in [1.165, 1.54) is 0 Å². The minimum Gasteiger partial charge on any atom is -0.348 e. The Morgan fingerprint density at radius 2 is 2.10 bits per heavy atom. The van der Waals surface area contributed by atoms with Crippen LogP contribution in [0.5, 0.6) is 0 Å². The number of para-hydroxylation sites is 1. The maximum Gasteiger partial charge on any atom is 0.254 e. The predicted octanol–water partition coefficient (Wildman–Crippen LogP) is 2.76. The number of aromatic nitrogens is 2. The molecule has 2 unspecified atom stereocenters. The summed E-state index contributed by atoms with van der Waals surface area (Å²) in [6, 6.07) is 9.78. The van der Waals surface area contributed by atoms with Crippen LogP contribution in [0.3, 0.4) is 0 Å². The van der Waals surface area contributed by atoms with Crippen molar-refractivity contribution in [3.63, 3.8) is 0 Å². The number of nitrogens with zero attached hydrogens (tertiary/aromatic N) is 2. The molecule has 104 valence electrons. The summed E-state index contributed by atoms with van der Waals surface area (Å²) in [5.41, 5.74) is 1.49. The number of hydrogen-bond donors (Lipinski definition) is 1. The van der Waals surface area contributed by atoms with Crippen LogP contribution in [-0.2, 0) is 0 Å². The lowest BCUT2D eigenvalue weighted by Gasteiger charge is -2.14. The first kappa shape index (κ1) is 13.2. The van der Waals surface area contributed by atoms with Crippen molar-refractivity contribution in [2.45, 2.75) is 30.7 Å². The fraction of sp³-hybridized carbons (Fsp3) is 0.333. The highest BCUT2D eigenvalue weighted by molar-refractivity contribution is 6.21. The molecule has 1 aromatic carbocycles. The van der Waals surface area contributed by atoms with E-state index in [0.29, 0.717) is 5.56 Å². The number of hydrogen-bond acceptors (Lipinski definition) is 2. The third kappa shape index (κ3) is 2.70. The Hall–Kier alpha value is -1.81. The summed E-state index contributed by atoms with van der Waals surface area (Å²) in [6.07, 6.45) is 6.31. The van der Waals surface area contributed by atoms with Crippen molar-refractivity contribution in [1.29, 1.82) is 0 Å². The second-order valence-electron chi connectivity index (χ2n) is 5.04. The standard InChI is InChI=1S/C15H16ClN3O/c16-13-7-4-8-14(13)18-15(20)11-9-17-19(10-11)12-5-2-1-3-6-12/h1-3,5-6,9-10,13-14H,4,7-8H2,(H,18,20). The molecule has 1 aliphatic carbocycles. The SMILES string of the molecule is O=C(NC1CCCC1Cl)c1cnn(-c2ccccc2)c1. The van der Waals surface area contributed by atoms with E-state index < -0.39 is 0 Å². The zero-order valence-corrected chi connectivity index (χ0v) is 11.8. The van der Waals surface area contributed by atoms with Crippen LogP contribution in [0.2, 0.25) is 0 Å². The van der Waals surface area contributed by atoms with E-state index in [0.717, 1.165) is 24.9 Å². The Kier molecular flexibility index (Phi) is 3.74. The summed E-state index contributed by atoms with van der Waals surface area (Å²) in [7, 11) is 0. The Bertz CT molecular complexity index is 596. The predicted molar refractivity (Wildman–Crippen MR) is 78.3 cm³/mol. The largest absolute Gasteiger partial charge is 0.348 e. The molecule has 1 N–H and O–H groups in total. The average molecular weight is 290 g/mol. The highest BCUT2D eigenvalue weighted by Crippen LogP contribution is 2.24. The molecule has 1 fully saturated rings. The second-order valence-corrected chi connectivity index (χ2v) is 5.60. The third-order valence-electron chi connectivity index (χ3n) is 3.61. The summed E-state index contributed by atoms with van der Waals surface area (Å²) in [6.45, 7) is 0. The van der Waals surface area contributed by atoms with Crippen LogP contribution in [0, 0.1) is 0 Å². The van der Waals surface area contributed by atoms with Crippen LogP contribution in [0.1, 0.15) is 29.6 Å². The molecule has 0 aliphatic heterocycles. The quantitative estimate of drug-likeness (QED) is 0.883. The first-order chi connectivity index (χ1) is 9.74. The lowest BCUT2D eigenvalue weighted by atomic mass is 10.2. The number of rotatable bonds is 3. The highest BCUT2D eigenvalue weighted by atomic mass is 35.5. The van der Waals surface area contributed by atoms with Gasteiger partial charge in [-0.1, -0.05) is 18.2 Å². The maximum absolute atomic E-state index is 12.2. The van der Waals surface area contributed by atoms with Crippen LogP contribution in [0.15, 0.2) is 42.7 Å².